The fourth-order valence-electron chi connectivity index (χ4n) is 2.59. The van der Waals surface area contributed by atoms with Crippen LogP contribution in [0.15, 0.2) is 48.8 Å². The fourth-order valence-corrected chi connectivity index (χ4v) is 2.59. The standard InChI is InChI=1S/C18H21N3O2/c1-21-12-11-19-17(21)13-23-16-9-7-15(8-10-16)20-18(22)14-5-3-2-4-6-14/h2-3,7-12,14H,4-6,13H2,1H3,(H,20,22)/t14-/m0/s1. The molecule has 1 aliphatic rings. The first kappa shape index (κ1) is 15.3. The van der Waals surface area contributed by atoms with Gasteiger partial charge in [0.1, 0.15) is 18.2 Å². The number of hydrogen-bond acceptors (Lipinski definition) is 3. The third-order valence-corrected chi connectivity index (χ3v) is 4.05. The lowest BCUT2D eigenvalue weighted by atomic mass is 9.93. The quantitative estimate of drug-likeness (QED) is 0.862. The lowest BCUT2D eigenvalue weighted by Gasteiger charge is -2.17. The van der Waals surface area contributed by atoms with E-state index in [0.29, 0.717) is 6.61 Å². The van der Waals surface area contributed by atoms with Crippen molar-refractivity contribution in [2.24, 2.45) is 13.0 Å². The fraction of sp³-hybridized carbons (Fsp3) is 0.333. The number of benzene rings is 1. The number of aryl methyl sites for hydroxylation is 1. The number of imidazole rings is 1. The molecule has 1 N–H and O–H groups in total. The highest BCUT2D eigenvalue weighted by molar-refractivity contribution is 5.92. The van der Waals surface area contributed by atoms with E-state index in [0.717, 1.165) is 36.5 Å². The number of ether oxygens (including phenoxy) is 1. The normalized spacial score (nSPS) is 17.0. The molecule has 5 heteroatoms. The number of nitrogens with zero attached hydrogens (tertiary/aromatic N) is 2. The van der Waals surface area contributed by atoms with E-state index in [1.165, 1.54) is 0 Å². The van der Waals surface area contributed by atoms with Crippen molar-refractivity contribution in [2.45, 2.75) is 25.9 Å². The number of allylic oxidation sites excluding steroid dienone is 2. The Morgan fingerprint density at radius 2 is 2.17 bits per heavy atom. The van der Waals surface area contributed by atoms with Crippen LogP contribution in [-0.2, 0) is 18.4 Å². The molecular weight excluding hydrogens is 290 g/mol. The monoisotopic (exact) mass is 311 g/mol. The minimum Gasteiger partial charge on any atom is -0.486 e. The maximum absolute atomic E-state index is 12.2. The van der Waals surface area contributed by atoms with Crippen LogP contribution < -0.4 is 10.1 Å². The second-order valence-electron chi connectivity index (χ2n) is 5.74. The van der Waals surface area contributed by atoms with Crippen LogP contribution in [0.2, 0.25) is 0 Å². The van der Waals surface area contributed by atoms with Crippen LogP contribution in [0.25, 0.3) is 0 Å². The third kappa shape index (κ3) is 4.00. The van der Waals surface area contributed by atoms with Gasteiger partial charge in [0.15, 0.2) is 0 Å². The summed E-state index contributed by atoms with van der Waals surface area (Å²) in [6.07, 6.45) is 10.6. The van der Waals surface area contributed by atoms with Gasteiger partial charge >= 0.3 is 0 Å². The Bertz CT molecular complexity index is 689. The smallest absolute Gasteiger partial charge is 0.227 e. The third-order valence-electron chi connectivity index (χ3n) is 4.05. The Kier molecular flexibility index (Phi) is 4.76. The van der Waals surface area contributed by atoms with Crippen LogP contribution in [0, 0.1) is 5.92 Å². The molecule has 2 aromatic rings. The highest BCUT2D eigenvalue weighted by atomic mass is 16.5. The molecule has 1 aromatic carbocycles. The summed E-state index contributed by atoms with van der Waals surface area (Å²) in [5.74, 6) is 1.80. The summed E-state index contributed by atoms with van der Waals surface area (Å²) in [6.45, 7) is 0.420. The molecule has 1 amide bonds. The molecule has 1 aromatic heterocycles. The largest absolute Gasteiger partial charge is 0.486 e. The van der Waals surface area contributed by atoms with Gasteiger partial charge in [-0.15, -0.1) is 0 Å². The Balaban J connectivity index is 1.53. The summed E-state index contributed by atoms with van der Waals surface area (Å²) in [5.41, 5.74) is 0.800. The van der Waals surface area contributed by atoms with Gasteiger partial charge in [0, 0.05) is 31.0 Å². The zero-order valence-electron chi connectivity index (χ0n) is 13.2. The molecule has 0 saturated heterocycles. The van der Waals surface area contributed by atoms with E-state index < -0.39 is 0 Å². The molecule has 120 valence electrons. The predicted octanol–water partition coefficient (Wildman–Crippen LogP) is 3.29. The van der Waals surface area contributed by atoms with Crippen LogP contribution in [0.4, 0.5) is 5.69 Å². The molecule has 0 radical (unpaired) electrons. The summed E-state index contributed by atoms with van der Waals surface area (Å²) in [6, 6.07) is 7.45. The van der Waals surface area contributed by atoms with Crippen LogP contribution in [0.1, 0.15) is 25.1 Å². The number of rotatable bonds is 5. The van der Waals surface area contributed by atoms with E-state index in [4.69, 9.17) is 4.74 Å². The average Bonchev–Trinajstić information content (AvgIpc) is 3.00. The van der Waals surface area contributed by atoms with Crippen LogP contribution in [0.3, 0.4) is 0 Å². The number of hydrogen-bond donors (Lipinski definition) is 1. The van der Waals surface area contributed by atoms with E-state index in [2.05, 4.69) is 22.5 Å². The summed E-state index contributed by atoms with van der Waals surface area (Å²) >= 11 is 0. The molecule has 0 fully saturated rings. The number of amides is 1. The molecule has 5 nitrogen and oxygen atoms in total. The van der Waals surface area contributed by atoms with E-state index in [-0.39, 0.29) is 11.8 Å². The number of anilines is 1. The molecule has 1 aliphatic carbocycles. The first-order valence-electron chi connectivity index (χ1n) is 7.87. The van der Waals surface area contributed by atoms with Gasteiger partial charge in [-0.3, -0.25) is 4.79 Å². The van der Waals surface area contributed by atoms with Gasteiger partial charge in [-0.25, -0.2) is 4.98 Å². The second-order valence-corrected chi connectivity index (χ2v) is 5.74. The summed E-state index contributed by atoms with van der Waals surface area (Å²) in [5, 5.41) is 2.97. The summed E-state index contributed by atoms with van der Waals surface area (Å²) in [4.78, 5) is 16.4. The van der Waals surface area contributed by atoms with E-state index in [1.54, 1.807) is 6.20 Å². The van der Waals surface area contributed by atoms with E-state index >= 15 is 0 Å². The van der Waals surface area contributed by atoms with Gasteiger partial charge in [-0.2, -0.15) is 0 Å². The molecule has 0 unspecified atom stereocenters. The van der Waals surface area contributed by atoms with Gasteiger partial charge in [-0.05, 0) is 43.5 Å². The second kappa shape index (κ2) is 7.13. The summed E-state index contributed by atoms with van der Waals surface area (Å²) in [7, 11) is 1.94. The number of carbonyl (C=O) groups is 1. The molecule has 0 bridgehead atoms. The molecule has 0 saturated carbocycles. The van der Waals surface area contributed by atoms with Gasteiger partial charge in [-0.1, -0.05) is 12.2 Å². The molecular formula is C18H21N3O2. The van der Waals surface area contributed by atoms with E-state index in [1.807, 2.05) is 42.1 Å². The van der Waals surface area contributed by atoms with Gasteiger partial charge in [0.05, 0.1) is 0 Å². The average molecular weight is 311 g/mol. The Morgan fingerprint density at radius 3 is 2.83 bits per heavy atom. The van der Waals surface area contributed by atoms with Crippen molar-refractivity contribution < 1.29 is 9.53 Å². The van der Waals surface area contributed by atoms with Crippen molar-refractivity contribution in [1.29, 1.82) is 0 Å². The number of carbonyl (C=O) groups excluding carboxylic acids is 1. The minimum atomic E-state index is 0.0827. The summed E-state index contributed by atoms with van der Waals surface area (Å²) < 4.78 is 7.63. The maximum atomic E-state index is 12.2. The minimum absolute atomic E-state index is 0.0827. The van der Waals surface area contributed by atoms with Gasteiger partial charge < -0.3 is 14.6 Å². The first-order valence-corrected chi connectivity index (χ1v) is 7.87. The van der Waals surface area contributed by atoms with Crippen LogP contribution in [0.5, 0.6) is 5.75 Å². The number of aromatic nitrogens is 2. The molecule has 1 heterocycles. The van der Waals surface area contributed by atoms with Crippen molar-refractivity contribution in [1.82, 2.24) is 9.55 Å². The van der Waals surface area contributed by atoms with Crippen molar-refractivity contribution in [3.63, 3.8) is 0 Å². The van der Waals surface area contributed by atoms with Crippen LogP contribution in [-0.4, -0.2) is 15.5 Å². The Labute approximate surface area is 136 Å². The van der Waals surface area contributed by atoms with Crippen molar-refractivity contribution in [2.75, 3.05) is 5.32 Å². The highest BCUT2D eigenvalue weighted by Gasteiger charge is 2.18. The zero-order valence-corrected chi connectivity index (χ0v) is 13.2. The molecule has 0 aliphatic heterocycles. The highest BCUT2D eigenvalue weighted by Crippen LogP contribution is 2.21. The van der Waals surface area contributed by atoms with Gasteiger partial charge in [0.25, 0.3) is 0 Å². The van der Waals surface area contributed by atoms with Gasteiger partial charge in [0.2, 0.25) is 5.91 Å². The Morgan fingerprint density at radius 1 is 1.35 bits per heavy atom. The van der Waals surface area contributed by atoms with Crippen molar-refractivity contribution in [3.05, 3.63) is 54.6 Å². The van der Waals surface area contributed by atoms with Crippen LogP contribution >= 0.6 is 0 Å². The Hall–Kier alpha value is -2.56. The number of nitrogens with one attached hydrogen (secondary N) is 1. The lowest BCUT2D eigenvalue weighted by Crippen LogP contribution is -2.23. The topological polar surface area (TPSA) is 56.1 Å². The molecule has 23 heavy (non-hydrogen) atoms. The van der Waals surface area contributed by atoms with E-state index in [9.17, 15) is 4.79 Å². The molecule has 3 rings (SSSR count). The first-order chi connectivity index (χ1) is 11.2. The SMILES string of the molecule is Cn1ccnc1COc1ccc(NC(=O)[C@H]2CC=CCC2)cc1. The predicted molar refractivity (Wildman–Crippen MR) is 89.1 cm³/mol. The molecule has 0 spiro atoms. The lowest BCUT2D eigenvalue weighted by molar-refractivity contribution is -0.120. The molecule has 1 atom stereocenters. The maximum Gasteiger partial charge on any atom is 0.227 e. The van der Waals surface area contributed by atoms with Crippen molar-refractivity contribution in [3.8, 4) is 5.75 Å². The zero-order chi connectivity index (χ0) is 16.1. The van der Waals surface area contributed by atoms with Crippen molar-refractivity contribution >= 4 is 11.6 Å².